The molecule has 11 heteroatoms. The number of carbonyl (C=O) groups is 2. The summed E-state index contributed by atoms with van der Waals surface area (Å²) in [6.45, 7) is 5.65. The van der Waals surface area contributed by atoms with Gasteiger partial charge < -0.3 is 45.1 Å². The van der Waals surface area contributed by atoms with Gasteiger partial charge in [-0.05, 0) is 109 Å². The van der Waals surface area contributed by atoms with Crippen LogP contribution in [0.25, 0.3) is 0 Å². The van der Waals surface area contributed by atoms with Crippen LogP contribution in [0.4, 0.5) is 0 Å². The van der Waals surface area contributed by atoms with Crippen LogP contribution in [0.1, 0.15) is 278 Å². The molecule has 0 radical (unpaired) electrons. The van der Waals surface area contributed by atoms with E-state index in [9.17, 15) is 35.1 Å². The Morgan fingerprint density at radius 3 is 1.31 bits per heavy atom. The number of carbonyl (C=O) groups excluding carboxylic acids is 2. The molecule has 1 rings (SSSR count). The Kier molecular flexibility index (Phi) is 55.6. The molecule has 0 aliphatic carbocycles. The molecule has 0 aromatic heterocycles. The van der Waals surface area contributed by atoms with Crippen LogP contribution in [0.3, 0.4) is 0 Å². The fraction of sp³-hybridized carbons (Fsp3) is 0.726. The number of rotatable bonds is 57. The quantitative estimate of drug-likeness (QED) is 0.0195. The van der Waals surface area contributed by atoms with Gasteiger partial charge in [0.2, 0.25) is 5.91 Å². The van der Waals surface area contributed by atoms with E-state index < -0.39 is 67.4 Å². The van der Waals surface area contributed by atoms with Crippen molar-refractivity contribution < 1.29 is 49.3 Å². The van der Waals surface area contributed by atoms with Gasteiger partial charge in [-0.2, -0.15) is 0 Å². The van der Waals surface area contributed by atoms with Crippen molar-refractivity contribution in [3.8, 4) is 0 Å². The number of esters is 1. The van der Waals surface area contributed by atoms with Gasteiger partial charge >= 0.3 is 5.97 Å². The summed E-state index contributed by atoms with van der Waals surface area (Å²) in [5, 5.41) is 57.2. The number of aliphatic hydroxyl groups is 5. The minimum atomic E-state index is -1.62. The monoisotopic (exact) mass is 1180 g/mol. The zero-order chi connectivity index (χ0) is 61.0. The molecule has 0 aromatic rings. The summed E-state index contributed by atoms with van der Waals surface area (Å²) >= 11 is 0. The van der Waals surface area contributed by atoms with Crippen molar-refractivity contribution in [2.45, 2.75) is 327 Å². The Balaban J connectivity index is 2.62. The number of unbranched alkanes of at least 4 members (excludes halogenated alkanes) is 27. The van der Waals surface area contributed by atoms with Crippen LogP contribution in [0.2, 0.25) is 0 Å². The number of ether oxygens (including phenoxy) is 3. The molecule has 84 heavy (non-hydrogen) atoms. The Bertz CT molecular complexity index is 1780. The van der Waals surface area contributed by atoms with E-state index >= 15 is 0 Å². The van der Waals surface area contributed by atoms with Gasteiger partial charge in [0.15, 0.2) is 12.4 Å². The van der Waals surface area contributed by atoms with E-state index in [1.807, 2.05) is 6.08 Å². The maximum absolute atomic E-state index is 13.5. The van der Waals surface area contributed by atoms with Crippen molar-refractivity contribution in [2.24, 2.45) is 0 Å². The van der Waals surface area contributed by atoms with Crippen molar-refractivity contribution in [3.05, 3.63) is 109 Å². The summed E-state index contributed by atoms with van der Waals surface area (Å²) < 4.78 is 17.6. The van der Waals surface area contributed by atoms with E-state index in [1.54, 1.807) is 6.08 Å². The standard InChI is InChI=1S/C73H125NO10/c1-4-7-10-13-16-19-22-25-27-29-30-31-32-33-34-35-36-37-39-40-42-45-48-51-54-57-60-66(77)72(81)74-64(65(76)59-56-53-50-47-44-24-21-18-15-12-9-6-3)63-82-73-71(70(80)69(79)67(62-75)83-73)84-68(78)61-58-55-52-49-46-43-41-38-28-26-23-20-17-14-11-8-5-2/h7,10,16-17,19-20,25-28,30-31,33-34,36-37,56,59,64-67,69-71,73,75-77,79-80H,4-6,8-9,11-15,18,21-24,29,32,35,38-55,57-58,60-63H2,1-3H3,(H,74,81)/b10-7-,19-16-,20-17-,27-25-,28-26-,31-30-,34-33-,37-36-,59-56+. The van der Waals surface area contributed by atoms with E-state index in [-0.39, 0.29) is 19.4 Å². The van der Waals surface area contributed by atoms with Crippen LogP contribution in [-0.2, 0) is 23.8 Å². The van der Waals surface area contributed by atoms with Crippen molar-refractivity contribution in [2.75, 3.05) is 13.2 Å². The molecule has 6 N–H and O–H groups in total. The van der Waals surface area contributed by atoms with Crippen molar-refractivity contribution in [3.63, 3.8) is 0 Å². The zero-order valence-corrected chi connectivity index (χ0v) is 53.5. The number of hydrogen-bond donors (Lipinski definition) is 6. The lowest BCUT2D eigenvalue weighted by molar-refractivity contribution is -0.305. The van der Waals surface area contributed by atoms with Gasteiger partial charge in [-0.3, -0.25) is 9.59 Å². The average Bonchev–Trinajstić information content (AvgIpc) is 3.67. The predicted octanol–water partition coefficient (Wildman–Crippen LogP) is 17.2. The van der Waals surface area contributed by atoms with Crippen LogP contribution >= 0.6 is 0 Å². The Hall–Kier alpha value is -3.68. The summed E-state index contributed by atoms with van der Waals surface area (Å²) in [4.78, 5) is 26.6. The number of amides is 1. The molecule has 8 atom stereocenters. The molecule has 1 fully saturated rings. The predicted molar refractivity (Wildman–Crippen MR) is 351 cm³/mol. The Labute approximate surface area is 513 Å². The van der Waals surface area contributed by atoms with Gasteiger partial charge in [-0.1, -0.05) is 271 Å². The molecule has 8 unspecified atom stereocenters. The van der Waals surface area contributed by atoms with Crippen LogP contribution < -0.4 is 5.32 Å². The third-order valence-electron chi connectivity index (χ3n) is 15.4. The molecule has 0 bridgehead atoms. The number of hydrogen-bond acceptors (Lipinski definition) is 10. The molecule has 1 aliphatic rings. The average molecular weight is 1180 g/mol. The van der Waals surface area contributed by atoms with E-state index in [1.165, 1.54) is 96.3 Å². The molecule has 11 nitrogen and oxygen atoms in total. The molecule has 0 saturated carbocycles. The molecule has 0 spiro atoms. The fourth-order valence-electron chi connectivity index (χ4n) is 10.0. The van der Waals surface area contributed by atoms with Crippen LogP contribution in [0.15, 0.2) is 109 Å². The van der Waals surface area contributed by atoms with Crippen molar-refractivity contribution in [1.82, 2.24) is 5.32 Å². The third kappa shape index (κ3) is 46.5. The second kappa shape index (κ2) is 59.6. The van der Waals surface area contributed by atoms with E-state index in [0.717, 1.165) is 135 Å². The molecule has 1 saturated heterocycles. The lowest BCUT2D eigenvalue weighted by Crippen LogP contribution is -2.61. The molecular weight excluding hydrogens is 1050 g/mol. The van der Waals surface area contributed by atoms with Gasteiger partial charge in [0.25, 0.3) is 0 Å². The summed E-state index contributed by atoms with van der Waals surface area (Å²) in [5.41, 5.74) is 0. The minimum Gasteiger partial charge on any atom is -0.454 e. The first-order chi connectivity index (χ1) is 41.2. The number of allylic oxidation sites excluding steroid dienone is 17. The highest BCUT2D eigenvalue weighted by atomic mass is 16.7. The zero-order valence-electron chi connectivity index (χ0n) is 53.5. The largest absolute Gasteiger partial charge is 0.454 e. The summed E-state index contributed by atoms with van der Waals surface area (Å²) in [6, 6.07) is -1.04. The first-order valence-electron chi connectivity index (χ1n) is 34.2. The van der Waals surface area contributed by atoms with E-state index in [2.05, 4.69) is 123 Å². The normalized spacial score (nSPS) is 19.2. The van der Waals surface area contributed by atoms with Crippen LogP contribution in [-0.4, -0.2) is 99.6 Å². The topological polar surface area (TPSA) is 175 Å². The van der Waals surface area contributed by atoms with Gasteiger partial charge in [0.05, 0.1) is 25.4 Å². The van der Waals surface area contributed by atoms with Crippen LogP contribution in [0, 0.1) is 0 Å². The Morgan fingerprint density at radius 2 is 0.857 bits per heavy atom. The fourth-order valence-corrected chi connectivity index (χ4v) is 10.0. The summed E-state index contributed by atoms with van der Waals surface area (Å²) in [5.74, 6) is -1.21. The second-order valence-corrected chi connectivity index (χ2v) is 23.2. The molecule has 0 aromatic carbocycles. The Morgan fingerprint density at radius 1 is 0.476 bits per heavy atom. The highest BCUT2D eigenvalue weighted by Crippen LogP contribution is 2.26. The first kappa shape index (κ1) is 78.3. The van der Waals surface area contributed by atoms with Gasteiger partial charge in [0.1, 0.15) is 24.4 Å². The highest BCUT2D eigenvalue weighted by molar-refractivity contribution is 5.80. The maximum Gasteiger partial charge on any atom is 0.306 e. The lowest BCUT2D eigenvalue weighted by atomic mass is 9.99. The molecule has 1 heterocycles. The van der Waals surface area contributed by atoms with E-state index in [0.29, 0.717) is 12.8 Å². The van der Waals surface area contributed by atoms with Crippen molar-refractivity contribution >= 4 is 11.9 Å². The summed E-state index contributed by atoms with van der Waals surface area (Å²) in [6.07, 6.45) is 71.2. The second-order valence-electron chi connectivity index (χ2n) is 23.2. The van der Waals surface area contributed by atoms with Crippen molar-refractivity contribution in [1.29, 1.82) is 0 Å². The van der Waals surface area contributed by atoms with Crippen LogP contribution in [0.5, 0.6) is 0 Å². The SMILES string of the molecule is CC/C=C\C/C=C\C/C=C\C/C=C\C/C=C\C/C=C\CCCCCCCCCC(O)C(=O)NC(COC1OC(CO)C(O)C(O)C1OC(=O)CCCCCCCCC/C=C\C/C=C\CCCCC)C(O)/C=C/CCCCCCCCCCCC. The maximum atomic E-state index is 13.5. The number of nitrogens with one attached hydrogen (secondary N) is 1. The minimum absolute atomic E-state index is 0.109. The molecule has 482 valence electrons. The smallest absolute Gasteiger partial charge is 0.306 e. The van der Waals surface area contributed by atoms with Gasteiger partial charge in [0, 0.05) is 6.42 Å². The first-order valence-corrected chi connectivity index (χ1v) is 34.2. The summed E-state index contributed by atoms with van der Waals surface area (Å²) in [7, 11) is 0. The highest BCUT2D eigenvalue weighted by Gasteiger charge is 2.47. The van der Waals surface area contributed by atoms with Gasteiger partial charge in [-0.25, -0.2) is 0 Å². The molecular formula is C73H125NO10. The van der Waals surface area contributed by atoms with Gasteiger partial charge in [-0.15, -0.1) is 0 Å². The molecule has 1 amide bonds. The third-order valence-corrected chi connectivity index (χ3v) is 15.4. The number of aliphatic hydroxyl groups excluding tert-OH is 5. The van der Waals surface area contributed by atoms with E-state index in [4.69, 9.17) is 14.2 Å². The molecule has 1 aliphatic heterocycles. The lowest BCUT2D eigenvalue weighted by Gasteiger charge is -2.41.